The molecule has 1 unspecified atom stereocenters. The van der Waals surface area contributed by atoms with Crippen molar-refractivity contribution < 1.29 is 33.8 Å². The van der Waals surface area contributed by atoms with Crippen LogP contribution < -0.4 is 0 Å². The first kappa shape index (κ1) is 12.1. The molecule has 4 N–H and O–H groups in total. The molecule has 1 rings (SSSR count). The van der Waals surface area contributed by atoms with Gasteiger partial charge in [-0.2, -0.15) is 0 Å². The van der Waals surface area contributed by atoms with E-state index in [1.54, 1.807) is 6.92 Å². The van der Waals surface area contributed by atoms with E-state index < -0.39 is 38.8 Å². The maximum Gasteiger partial charge on any atom is 0.469 e. The Morgan fingerprint density at radius 1 is 1.36 bits per heavy atom. The van der Waals surface area contributed by atoms with E-state index in [0.717, 1.165) is 0 Å². The number of aliphatic hydroxyl groups is 2. The molecule has 1 aliphatic rings. The highest BCUT2D eigenvalue weighted by Crippen LogP contribution is 2.37. The van der Waals surface area contributed by atoms with Gasteiger partial charge in [0.05, 0.1) is 12.7 Å². The topological polar surface area (TPSA) is 116 Å². The summed E-state index contributed by atoms with van der Waals surface area (Å²) in [6.45, 7) is 1.10. The van der Waals surface area contributed by atoms with Gasteiger partial charge in [0.25, 0.3) is 0 Å². The van der Waals surface area contributed by atoms with Crippen molar-refractivity contribution in [3.8, 4) is 0 Å². The zero-order valence-corrected chi connectivity index (χ0v) is 8.37. The summed E-state index contributed by atoms with van der Waals surface area (Å²) in [5.74, 6) is 0. The Morgan fingerprint density at radius 3 is 2.29 bits per heavy atom. The second-order valence-electron chi connectivity index (χ2n) is 3.15. The normalized spacial score (nSPS) is 38.9. The van der Waals surface area contributed by atoms with Gasteiger partial charge in [-0.05, 0) is 6.92 Å². The number of rotatable bonds is 3. The predicted molar refractivity (Wildman–Crippen MR) is 44.3 cm³/mol. The molecular weight excluding hydrogens is 215 g/mol. The van der Waals surface area contributed by atoms with E-state index in [-0.39, 0.29) is 0 Å². The van der Waals surface area contributed by atoms with Crippen LogP contribution in [0.2, 0.25) is 0 Å². The van der Waals surface area contributed by atoms with Gasteiger partial charge in [0.2, 0.25) is 0 Å². The summed E-state index contributed by atoms with van der Waals surface area (Å²) in [7, 11) is -4.56. The summed E-state index contributed by atoms with van der Waals surface area (Å²) < 4.78 is 19.5. The minimum absolute atomic E-state index is 0.452. The number of phosphoric ester groups is 1. The Morgan fingerprint density at radius 2 is 1.93 bits per heavy atom. The molecule has 84 valence electrons. The van der Waals surface area contributed by atoms with E-state index >= 15 is 0 Å². The van der Waals surface area contributed by atoms with E-state index in [2.05, 4.69) is 4.52 Å². The average molecular weight is 228 g/mol. The van der Waals surface area contributed by atoms with E-state index in [1.165, 1.54) is 0 Å². The third-order valence-electron chi connectivity index (χ3n) is 2.01. The molecule has 0 amide bonds. The first-order chi connectivity index (χ1) is 6.31. The fourth-order valence-electron chi connectivity index (χ4n) is 1.24. The lowest BCUT2D eigenvalue weighted by atomic mass is 10.1. The van der Waals surface area contributed by atoms with E-state index in [4.69, 9.17) is 14.5 Å². The molecule has 1 heterocycles. The summed E-state index contributed by atoms with van der Waals surface area (Å²) >= 11 is 0. The summed E-state index contributed by atoms with van der Waals surface area (Å²) in [5.41, 5.74) is 0. The van der Waals surface area contributed by atoms with Gasteiger partial charge in [-0.25, -0.2) is 4.57 Å². The van der Waals surface area contributed by atoms with Crippen LogP contribution >= 0.6 is 7.82 Å². The van der Waals surface area contributed by atoms with Crippen molar-refractivity contribution in [2.75, 3.05) is 6.61 Å². The molecule has 0 radical (unpaired) electrons. The van der Waals surface area contributed by atoms with Gasteiger partial charge >= 0.3 is 7.82 Å². The number of hydrogen-bond donors (Lipinski definition) is 4. The van der Waals surface area contributed by atoms with Crippen LogP contribution in [-0.4, -0.2) is 51.0 Å². The zero-order chi connectivity index (χ0) is 10.9. The summed E-state index contributed by atoms with van der Waals surface area (Å²) in [6, 6.07) is 0. The average Bonchev–Trinajstić information content (AvgIpc) is 2.28. The molecule has 0 aliphatic carbocycles. The Hall–Kier alpha value is -0.0100. The summed E-state index contributed by atoms with van der Waals surface area (Å²) in [4.78, 5) is 16.8. The first-order valence-electron chi connectivity index (χ1n) is 4.03. The molecule has 4 atom stereocenters. The van der Waals surface area contributed by atoms with Crippen LogP contribution in [0.1, 0.15) is 6.92 Å². The molecule has 1 aliphatic heterocycles. The van der Waals surface area contributed by atoms with Crippen LogP contribution in [0.4, 0.5) is 0 Å². The molecule has 0 bridgehead atoms. The SMILES string of the molecule is CC1O[C@H](COP(=O)(O)O)[C@@H](O)[C@H]1O. The van der Waals surface area contributed by atoms with Crippen LogP contribution in [0.3, 0.4) is 0 Å². The van der Waals surface area contributed by atoms with Gasteiger partial charge in [0, 0.05) is 0 Å². The minimum atomic E-state index is -4.56. The molecular formula is C6H13O7P. The second-order valence-corrected chi connectivity index (χ2v) is 4.39. The highest BCUT2D eigenvalue weighted by Gasteiger charge is 2.41. The second kappa shape index (κ2) is 4.24. The monoisotopic (exact) mass is 228 g/mol. The van der Waals surface area contributed by atoms with Gasteiger partial charge in [-0.15, -0.1) is 0 Å². The molecule has 14 heavy (non-hydrogen) atoms. The van der Waals surface area contributed by atoms with Crippen LogP contribution in [0.5, 0.6) is 0 Å². The molecule has 0 aromatic rings. The van der Waals surface area contributed by atoms with Crippen molar-refractivity contribution in [3.63, 3.8) is 0 Å². The third-order valence-corrected chi connectivity index (χ3v) is 2.49. The number of hydrogen-bond acceptors (Lipinski definition) is 5. The summed E-state index contributed by atoms with van der Waals surface area (Å²) in [6.07, 6.45) is -3.72. The fraction of sp³-hybridized carbons (Fsp3) is 1.00. The summed E-state index contributed by atoms with van der Waals surface area (Å²) in [5, 5.41) is 18.6. The molecule has 1 saturated heterocycles. The smallest absolute Gasteiger partial charge is 0.388 e. The lowest BCUT2D eigenvalue weighted by Crippen LogP contribution is -2.33. The van der Waals surface area contributed by atoms with Crippen LogP contribution in [0.15, 0.2) is 0 Å². The first-order valence-corrected chi connectivity index (χ1v) is 5.56. The van der Waals surface area contributed by atoms with Crippen LogP contribution in [0, 0.1) is 0 Å². The van der Waals surface area contributed by atoms with Crippen molar-refractivity contribution in [1.82, 2.24) is 0 Å². The largest absolute Gasteiger partial charge is 0.469 e. The standard InChI is InChI=1S/C6H13O7P/c1-3-5(7)6(8)4(13-3)2-12-14(9,10)11/h3-8H,2H2,1H3,(H2,9,10,11)/t3?,4-,5+,6-/m1/s1. The van der Waals surface area contributed by atoms with Crippen molar-refractivity contribution in [1.29, 1.82) is 0 Å². The van der Waals surface area contributed by atoms with Crippen molar-refractivity contribution >= 4 is 7.82 Å². The van der Waals surface area contributed by atoms with Gasteiger partial charge in [-0.3, -0.25) is 4.52 Å². The third kappa shape index (κ3) is 2.99. The van der Waals surface area contributed by atoms with E-state index in [1.807, 2.05) is 0 Å². The number of phosphoric acid groups is 1. The predicted octanol–water partition coefficient (Wildman–Crippen LogP) is -1.40. The Labute approximate surface area is 80.5 Å². The molecule has 0 aromatic carbocycles. The maximum absolute atomic E-state index is 10.3. The highest BCUT2D eigenvalue weighted by molar-refractivity contribution is 7.46. The fourth-order valence-corrected chi connectivity index (χ4v) is 1.58. The quantitative estimate of drug-likeness (QED) is 0.439. The van der Waals surface area contributed by atoms with Gasteiger partial charge < -0.3 is 24.7 Å². The zero-order valence-electron chi connectivity index (χ0n) is 7.48. The van der Waals surface area contributed by atoms with Crippen LogP contribution in [-0.2, 0) is 13.8 Å². The van der Waals surface area contributed by atoms with Crippen molar-refractivity contribution in [3.05, 3.63) is 0 Å². The van der Waals surface area contributed by atoms with Gasteiger partial charge in [-0.1, -0.05) is 0 Å². The van der Waals surface area contributed by atoms with Gasteiger partial charge in [0.15, 0.2) is 0 Å². The maximum atomic E-state index is 10.3. The van der Waals surface area contributed by atoms with E-state index in [9.17, 15) is 14.8 Å². The molecule has 0 aromatic heterocycles. The van der Waals surface area contributed by atoms with Crippen LogP contribution in [0.25, 0.3) is 0 Å². The number of aliphatic hydroxyl groups excluding tert-OH is 2. The van der Waals surface area contributed by atoms with Crippen molar-refractivity contribution in [2.24, 2.45) is 0 Å². The Kier molecular flexibility index (Phi) is 3.65. The minimum Gasteiger partial charge on any atom is -0.388 e. The van der Waals surface area contributed by atoms with E-state index in [0.29, 0.717) is 0 Å². The van der Waals surface area contributed by atoms with Gasteiger partial charge in [0.1, 0.15) is 18.3 Å². The molecule has 7 nitrogen and oxygen atoms in total. The molecule has 0 saturated carbocycles. The highest BCUT2D eigenvalue weighted by atomic mass is 31.2. The van der Waals surface area contributed by atoms with Crippen molar-refractivity contribution in [2.45, 2.75) is 31.3 Å². The lowest BCUT2D eigenvalue weighted by Gasteiger charge is -2.14. The molecule has 1 fully saturated rings. The Bertz CT molecular complexity index is 238. The number of ether oxygens (including phenoxy) is 1. The molecule has 8 heteroatoms. The molecule has 0 spiro atoms. The lowest BCUT2D eigenvalue weighted by molar-refractivity contribution is -0.0169. The Balaban J connectivity index is 2.44.